The minimum atomic E-state index is -1.26. The molecule has 0 bridgehead atoms. The molecule has 0 saturated heterocycles. The van der Waals surface area contributed by atoms with Crippen LogP contribution in [0.15, 0.2) is 0 Å². The average Bonchev–Trinajstić information content (AvgIpc) is 2.02. The number of carboxylic acids is 1. The quantitative estimate of drug-likeness (QED) is 0.454. The van der Waals surface area contributed by atoms with Crippen molar-refractivity contribution in [2.45, 2.75) is 31.2 Å². The zero-order chi connectivity index (χ0) is 9.72. The summed E-state index contributed by atoms with van der Waals surface area (Å²) in [6.45, 7) is 3.56. The van der Waals surface area contributed by atoms with Gasteiger partial charge in [0.2, 0.25) is 4.83 Å². The number of halogens is 1. The molecule has 2 atom stereocenters. The van der Waals surface area contributed by atoms with Gasteiger partial charge in [-0.15, -0.1) is 0 Å². The number of carboxylic acid groups (broad SMARTS) is 1. The van der Waals surface area contributed by atoms with E-state index in [-0.39, 0.29) is 6.10 Å². The maximum atomic E-state index is 10.9. The fourth-order valence-electron chi connectivity index (χ4n) is 0.442. The maximum Gasteiger partial charge on any atom is 0.331 e. The Kier molecular flexibility index (Phi) is 4.89. The zero-order valence-electron chi connectivity index (χ0n) is 6.91. The van der Waals surface area contributed by atoms with Gasteiger partial charge in [-0.2, -0.15) is 0 Å². The van der Waals surface area contributed by atoms with Crippen molar-refractivity contribution in [3.63, 3.8) is 0 Å². The highest BCUT2D eigenvalue weighted by atomic mass is 79.9. The molecule has 0 aliphatic rings. The highest BCUT2D eigenvalue weighted by molar-refractivity contribution is 9.10. The number of ether oxygens (including phenoxy) is 1. The summed E-state index contributed by atoms with van der Waals surface area (Å²) in [6, 6.07) is 0. The van der Waals surface area contributed by atoms with Crippen molar-refractivity contribution in [1.29, 1.82) is 0 Å². The van der Waals surface area contributed by atoms with Crippen molar-refractivity contribution in [2.24, 2.45) is 0 Å². The van der Waals surface area contributed by atoms with E-state index in [1.54, 1.807) is 6.92 Å². The molecule has 0 rings (SSSR count). The first-order valence-electron chi connectivity index (χ1n) is 3.56. The molecular weight excluding hydrogens is 228 g/mol. The molecule has 0 spiro atoms. The standard InChI is InChI=1S/C7H11BrO4/c1-3-4(2)12-7(11)5(8)6(9)10/h4-5H,3H2,1-2H3,(H,9,10). The summed E-state index contributed by atoms with van der Waals surface area (Å²) in [4.78, 5) is 19.9. The molecule has 0 saturated carbocycles. The molecule has 0 aromatic heterocycles. The molecule has 0 aromatic rings. The van der Waals surface area contributed by atoms with E-state index in [9.17, 15) is 9.59 Å². The number of esters is 1. The minimum Gasteiger partial charge on any atom is -0.480 e. The molecule has 0 aliphatic heterocycles. The SMILES string of the molecule is CCC(C)OC(=O)C(Br)C(=O)O. The van der Waals surface area contributed by atoms with E-state index in [0.717, 1.165) is 0 Å². The molecule has 4 nitrogen and oxygen atoms in total. The molecule has 2 unspecified atom stereocenters. The van der Waals surface area contributed by atoms with Gasteiger partial charge in [0.15, 0.2) is 0 Å². The summed E-state index contributed by atoms with van der Waals surface area (Å²) >= 11 is 2.69. The largest absolute Gasteiger partial charge is 0.480 e. The predicted molar refractivity (Wildman–Crippen MR) is 46.2 cm³/mol. The molecule has 0 aliphatic carbocycles. The van der Waals surface area contributed by atoms with Crippen LogP contribution in [0.1, 0.15) is 20.3 Å². The second kappa shape index (κ2) is 5.13. The van der Waals surface area contributed by atoms with E-state index in [1.807, 2.05) is 6.92 Å². The van der Waals surface area contributed by atoms with Crippen molar-refractivity contribution in [1.82, 2.24) is 0 Å². The molecule has 0 aromatic carbocycles. The van der Waals surface area contributed by atoms with Crippen molar-refractivity contribution in [3.8, 4) is 0 Å². The highest BCUT2D eigenvalue weighted by Gasteiger charge is 2.25. The fraction of sp³-hybridized carbons (Fsp3) is 0.714. The van der Waals surface area contributed by atoms with E-state index < -0.39 is 16.8 Å². The lowest BCUT2D eigenvalue weighted by atomic mass is 10.3. The van der Waals surface area contributed by atoms with Crippen LogP contribution in [0.25, 0.3) is 0 Å². The van der Waals surface area contributed by atoms with Crippen LogP contribution in [0.5, 0.6) is 0 Å². The molecule has 5 heteroatoms. The lowest BCUT2D eigenvalue weighted by Crippen LogP contribution is -2.28. The van der Waals surface area contributed by atoms with Gasteiger partial charge in [0, 0.05) is 0 Å². The van der Waals surface area contributed by atoms with Gasteiger partial charge in [-0.3, -0.25) is 9.59 Å². The Balaban J connectivity index is 3.95. The lowest BCUT2D eigenvalue weighted by Gasteiger charge is -2.11. The molecule has 0 amide bonds. The Morgan fingerprint density at radius 1 is 1.58 bits per heavy atom. The van der Waals surface area contributed by atoms with E-state index in [0.29, 0.717) is 6.42 Å². The molecule has 1 N–H and O–H groups in total. The summed E-state index contributed by atoms with van der Waals surface area (Å²) in [5.74, 6) is -1.99. The number of aliphatic carboxylic acids is 1. The molecule has 70 valence electrons. The van der Waals surface area contributed by atoms with Crippen LogP contribution in [0.3, 0.4) is 0 Å². The van der Waals surface area contributed by atoms with Gasteiger partial charge in [0.1, 0.15) is 0 Å². The molecular formula is C7H11BrO4. The predicted octanol–water partition coefficient (Wildman–Crippen LogP) is 1.18. The molecule has 0 heterocycles. The first-order chi connectivity index (χ1) is 5.49. The van der Waals surface area contributed by atoms with E-state index in [2.05, 4.69) is 15.9 Å². The van der Waals surface area contributed by atoms with Gasteiger partial charge in [0.25, 0.3) is 0 Å². The monoisotopic (exact) mass is 238 g/mol. The lowest BCUT2D eigenvalue weighted by molar-refractivity contribution is -0.153. The topological polar surface area (TPSA) is 63.6 Å². The number of hydrogen-bond donors (Lipinski definition) is 1. The Bertz CT molecular complexity index is 180. The Morgan fingerprint density at radius 3 is 2.42 bits per heavy atom. The molecule has 0 radical (unpaired) electrons. The van der Waals surface area contributed by atoms with Gasteiger partial charge >= 0.3 is 11.9 Å². The van der Waals surface area contributed by atoms with Crippen LogP contribution in [-0.2, 0) is 14.3 Å². The Hall–Kier alpha value is -0.580. The van der Waals surface area contributed by atoms with E-state index >= 15 is 0 Å². The van der Waals surface area contributed by atoms with Crippen molar-refractivity contribution >= 4 is 27.9 Å². The summed E-state index contributed by atoms with van der Waals surface area (Å²) in [5, 5.41) is 8.39. The number of rotatable bonds is 4. The van der Waals surface area contributed by atoms with E-state index in [4.69, 9.17) is 9.84 Å². The van der Waals surface area contributed by atoms with Crippen LogP contribution in [0.2, 0.25) is 0 Å². The van der Waals surface area contributed by atoms with Gasteiger partial charge in [-0.1, -0.05) is 22.9 Å². The zero-order valence-corrected chi connectivity index (χ0v) is 8.50. The fourth-order valence-corrected chi connectivity index (χ4v) is 0.550. The highest BCUT2D eigenvalue weighted by Crippen LogP contribution is 2.06. The third-order valence-electron chi connectivity index (χ3n) is 1.32. The Labute approximate surface area is 79.0 Å². The van der Waals surface area contributed by atoms with E-state index in [1.165, 1.54) is 0 Å². The number of carbonyl (C=O) groups excluding carboxylic acids is 1. The summed E-state index contributed by atoms with van der Waals surface area (Å²) in [7, 11) is 0. The normalized spacial score (nSPS) is 14.9. The van der Waals surface area contributed by atoms with Crippen LogP contribution >= 0.6 is 15.9 Å². The average molecular weight is 239 g/mol. The van der Waals surface area contributed by atoms with Crippen molar-refractivity contribution < 1.29 is 19.4 Å². The van der Waals surface area contributed by atoms with Crippen LogP contribution in [0.4, 0.5) is 0 Å². The van der Waals surface area contributed by atoms with Crippen LogP contribution in [0, 0.1) is 0 Å². The number of hydrogen-bond acceptors (Lipinski definition) is 3. The van der Waals surface area contributed by atoms with Crippen LogP contribution < -0.4 is 0 Å². The second-order valence-corrected chi connectivity index (χ2v) is 3.27. The summed E-state index contributed by atoms with van der Waals surface area (Å²) < 4.78 is 4.76. The second-order valence-electron chi connectivity index (χ2n) is 2.36. The summed E-state index contributed by atoms with van der Waals surface area (Å²) in [5.41, 5.74) is 0. The van der Waals surface area contributed by atoms with Gasteiger partial charge < -0.3 is 9.84 Å². The third kappa shape index (κ3) is 3.71. The summed E-state index contributed by atoms with van der Waals surface area (Å²) in [6.07, 6.45) is 0.433. The molecule has 0 fully saturated rings. The smallest absolute Gasteiger partial charge is 0.331 e. The number of carbonyl (C=O) groups is 2. The first-order valence-corrected chi connectivity index (χ1v) is 4.48. The van der Waals surface area contributed by atoms with Gasteiger partial charge in [0.05, 0.1) is 6.10 Å². The van der Waals surface area contributed by atoms with Gasteiger partial charge in [-0.05, 0) is 13.3 Å². The minimum absolute atomic E-state index is 0.239. The first kappa shape index (κ1) is 11.4. The molecule has 12 heavy (non-hydrogen) atoms. The van der Waals surface area contributed by atoms with Gasteiger partial charge in [-0.25, -0.2) is 0 Å². The number of alkyl halides is 1. The Morgan fingerprint density at radius 2 is 2.08 bits per heavy atom. The maximum absolute atomic E-state index is 10.9. The van der Waals surface area contributed by atoms with Crippen molar-refractivity contribution in [3.05, 3.63) is 0 Å². The third-order valence-corrected chi connectivity index (χ3v) is 2.08. The van der Waals surface area contributed by atoms with Crippen molar-refractivity contribution in [2.75, 3.05) is 0 Å². The van der Waals surface area contributed by atoms with Crippen LogP contribution in [-0.4, -0.2) is 28.0 Å².